The summed E-state index contributed by atoms with van der Waals surface area (Å²) >= 11 is 12.1. The van der Waals surface area contributed by atoms with Crippen molar-refractivity contribution in [1.29, 1.82) is 0 Å². The fraction of sp³-hybridized carbons (Fsp3) is 0.357. The molecule has 8 heteroatoms. The second kappa shape index (κ2) is 7.89. The Labute approximate surface area is 144 Å². The van der Waals surface area contributed by atoms with Crippen LogP contribution in [0.25, 0.3) is 5.69 Å². The van der Waals surface area contributed by atoms with E-state index in [0.717, 1.165) is 16.3 Å². The molecule has 22 heavy (non-hydrogen) atoms. The Bertz CT molecular complexity index is 662. The van der Waals surface area contributed by atoms with Gasteiger partial charge in [-0.15, -0.1) is 12.6 Å². The molecule has 2 aromatic rings. The van der Waals surface area contributed by atoms with Gasteiger partial charge in [-0.25, -0.2) is 4.68 Å². The molecular weight excluding hydrogens is 340 g/mol. The van der Waals surface area contributed by atoms with Gasteiger partial charge >= 0.3 is 0 Å². The first-order chi connectivity index (χ1) is 10.6. The number of carbonyl (C=O) groups excluding carboxylic acids is 1. The molecule has 0 unspecified atom stereocenters. The van der Waals surface area contributed by atoms with E-state index in [4.69, 9.17) is 11.6 Å². The van der Waals surface area contributed by atoms with E-state index >= 15 is 0 Å². The third-order valence-corrected chi connectivity index (χ3v) is 4.18. The number of pyridine rings is 1. The second-order valence-corrected chi connectivity index (χ2v) is 6.39. The van der Waals surface area contributed by atoms with Crippen LogP contribution in [0.1, 0.15) is 13.3 Å². The van der Waals surface area contributed by atoms with E-state index < -0.39 is 0 Å². The molecule has 2 heterocycles. The highest BCUT2D eigenvalue weighted by molar-refractivity contribution is 7.98. The van der Waals surface area contributed by atoms with Gasteiger partial charge in [0, 0.05) is 29.8 Å². The van der Waals surface area contributed by atoms with Crippen molar-refractivity contribution >= 4 is 47.6 Å². The largest absolute Gasteiger partial charge is 0.308 e. The number of halogens is 1. The van der Waals surface area contributed by atoms with Crippen LogP contribution in [0.5, 0.6) is 0 Å². The molecule has 2 aromatic heterocycles. The summed E-state index contributed by atoms with van der Waals surface area (Å²) in [5.41, 5.74) is 1.35. The minimum absolute atomic E-state index is 0.0411. The lowest BCUT2D eigenvalue weighted by atomic mass is 10.3. The maximum atomic E-state index is 12.3. The fourth-order valence-electron chi connectivity index (χ4n) is 2.00. The second-order valence-electron chi connectivity index (χ2n) is 4.53. The Hall–Kier alpha value is -1.18. The Morgan fingerprint density at radius 3 is 2.91 bits per heavy atom. The zero-order chi connectivity index (χ0) is 16.1. The van der Waals surface area contributed by atoms with Crippen LogP contribution in [0.3, 0.4) is 0 Å². The van der Waals surface area contributed by atoms with Gasteiger partial charge in [0.25, 0.3) is 0 Å². The van der Waals surface area contributed by atoms with Crippen LogP contribution in [-0.4, -0.2) is 39.2 Å². The minimum Gasteiger partial charge on any atom is -0.308 e. The summed E-state index contributed by atoms with van der Waals surface area (Å²) in [5, 5.41) is 4.56. The first kappa shape index (κ1) is 17.2. The Kier molecular flexibility index (Phi) is 6.16. The van der Waals surface area contributed by atoms with Gasteiger partial charge in [-0.05, 0) is 19.2 Å². The summed E-state index contributed by atoms with van der Waals surface area (Å²) in [6, 6.07) is 1.83. The van der Waals surface area contributed by atoms with E-state index in [0.29, 0.717) is 23.8 Å². The van der Waals surface area contributed by atoms with Crippen LogP contribution in [0.4, 0.5) is 5.69 Å². The van der Waals surface area contributed by atoms with Crippen LogP contribution in [-0.2, 0) is 4.79 Å². The number of rotatable bonds is 6. The average molecular weight is 357 g/mol. The first-order valence-electron chi connectivity index (χ1n) is 6.75. The van der Waals surface area contributed by atoms with Crippen LogP contribution in [0.2, 0.25) is 5.15 Å². The van der Waals surface area contributed by atoms with Gasteiger partial charge in [0.05, 0.1) is 18.1 Å². The van der Waals surface area contributed by atoms with Gasteiger partial charge < -0.3 is 4.90 Å². The maximum Gasteiger partial charge on any atom is 0.227 e. The fourth-order valence-corrected chi connectivity index (χ4v) is 2.81. The lowest BCUT2D eigenvalue weighted by Crippen LogP contribution is -2.30. The topological polar surface area (TPSA) is 51.0 Å². The molecule has 5 nitrogen and oxygen atoms in total. The molecule has 0 aromatic carbocycles. The number of hydrogen-bond acceptors (Lipinski definition) is 5. The van der Waals surface area contributed by atoms with E-state index in [1.54, 1.807) is 39.9 Å². The number of anilines is 1. The molecular formula is C14H17ClN4OS2. The Balaban J connectivity index is 2.30. The van der Waals surface area contributed by atoms with E-state index in [9.17, 15) is 4.79 Å². The summed E-state index contributed by atoms with van der Waals surface area (Å²) in [6.07, 6.45) is 7.50. The predicted molar refractivity (Wildman–Crippen MR) is 94.6 cm³/mol. The zero-order valence-electron chi connectivity index (χ0n) is 12.4. The monoisotopic (exact) mass is 356 g/mol. The van der Waals surface area contributed by atoms with Crippen molar-refractivity contribution in [2.75, 3.05) is 23.5 Å². The molecule has 0 atom stereocenters. The zero-order valence-corrected chi connectivity index (χ0v) is 14.8. The highest BCUT2D eigenvalue weighted by atomic mass is 35.5. The molecule has 0 saturated heterocycles. The Morgan fingerprint density at radius 2 is 2.27 bits per heavy atom. The molecule has 1 amide bonds. The summed E-state index contributed by atoms with van der Waals surface area (Å²) in [6.45, 7) is 2.46. The smallest absolute Gasteiger partial charge is 0.227 e. The highest BCUT2D eigenvalue weighted by Crippen LogP contribution is 2.27. The van der Waals surface area contributed by atoms with Gasteiger partial charge in [0.15, 0.2) is 5.15 Å². The summed E-state index contributed by atoms with van der Waals surface area (Å²) in [7, 11) is 0. The molecule has 2 rings (SSSR count). The number of nitrogens with zero attached hydrogens (tertiary/aromatic N) is 4. The van der Waals surface area contributed by atoms with Crippen LogP contribution >= 0.6 is 36.0 Å². The quantitative estimate of drug-likeness (QED) is 0.807. The molecule has 118 valence electrons. The predicted octanol–water partition coefficient (Wildman–Crippen LogP) is 3.32. The van der Waals surface area contributed by atoms with E-state index in [2.05, 4.69) is 22.7 Å². The summed E-state index contributed by atoms with van der Waals surface area (Å²) in [5.74, 6) is 0.826. The van der Waals surface area contributed by atoms with Gasteiger partial charge in [-0.2, -0.15) is 16.9 Å². The molecule has 0 spiro atoms. The maximum absolute atomic E-state index is 12.3. The number of hydrogen-bond donors (Lipinski definition) is 1. The van der Waals surface area contributed by atoms with Crippen LogP contribution in [0.15, 0.2) is 29.6 Å². The van der Waals surface area contributed by atoms with Crippen LogP contribution < -0.4 is 4.90 Å². The normalized spacial score (nSPS) is 10.7. The van der Waals surface area contributed by atoms with Crippen molar-refractivity contribution in [1.82, 2.24) is 14.8 Å². The van der Waals surface area contributed by atoms with Gasteiger partial charge in [0.2, 0.25) is 5.91 Å². The lowest BCUT2D eigenvalue weighted by molar-refractivity contribution is -0.118. The van der Waals surface area contributed by atoms with Crippen molar-refractivity contribution in [3.05, 3.63) is 29.8 Å². The molecule has 0 bridgehead atoms. The summed E-state index contributed by atoms with van der Waals surface area (Å²) in [4.78, 5) is 18.7. The first-order valence-corrected chi connectivity index (χ1v) is 8.97. The van der Waals surface area contributed by atoms with Crippen molar-refractivity contribution in [2.45, 2.75) is 18.2 Å². The van der Waals surface area contributed by atoms with E-state index in [-0.39, 0.29) is 5.91 Å². The average Bonchev–Trinajstić information content (AvgIpc) is 2.88. The van der Waals surface area contributed by atoms with Gasteiger partial charge in [-0.3, -0.25) is 9.78 Å². The number of amides is 1. The third kappa shape index (κ3) is 3.97. The van der Waals surface area contributed by atoms with E-state index in [1.165, 1.54) is 0 Å². The SMILES string of the molecule is CCN(C(=O)CCSC)c1cn(-c2cncc(S)c2)nc1Cl. The van der Waals surface area contributed by atoms with E-state index in [1.807, 2.05) is 19.2 Å². The molecule has 0 N–H and O–H groups in total. The number of carbonyl (C=O) groups is 1. The molecule has 0 aliphatic carbocycles. The summed E-state index contributed by atoms with van der Waals surface area (Å²) < 4.78 is 1.61. The number of aromatic nitrogens is 3. The number of thioether (sulfide) groups is 1. The molecule has 0 aliphatic heterocycles. The molecule has 0 fully saturated rings. The molecule has 0 radical (unpaired) electrons. The van der Waals surface area contributed by atoms with Crippen molar-refractivity contribution < 1.29 is 4.79 Å². The third-order valence-electron chi connectivity index (χ3n) is 3.05. The number of thiol groups is 1. The Morgan fingerprint density at radius 1 is 1.50 bits per heavy atom. The van der Waals surface area contributed by atoms with Crippen molar-refractivity contribution in [2.24, 2.45) is 0 Å². The molecule has 0 saturated carbocycles. The highest BCUT2D eigenvalue weighted by Gasteiger charge is 2.19. The van der Waals surface area contributed by atoms with Gasteiger partial charge in [-0.1, -0.05) is 11.6 Å². The van der Waals surface area contributed by atoms with Crippen molar-refractivity contribution in [3.63, 3.8) is 0 Å². The lowest BCUT2D eigenvalue weighted by Gasteiger charge is -2.19. The standard InChI is InChI=1S/C14H17ClN4OS2/c1-3-18(13(20)4-5-22-2)12-9-19(17-14(12)15)10-6-11(21)8-16-7-10/h6-9,21H,3-5H2,1-2H3. The molecule has 0 aliphatic rings. The minimum atomic E-state index is 0.0411. The van der Waals surface area contributed by atoms with Crippen LogP contribution in [0, 0.1) is 0 Å². The van der Waals surface area contributed by atoms with Crippen molar-refractivity contribution in [3.8, 4) is 5.69 Å². The van der Waals surface area contributed by atoms with Gasteiger partial charge in [0.1, 0.15) is 5.69 Å².